The molecular weight excluding hydrogens is 335 g/mol. The van der Waals surface area contributed by atoms with Gasteiger partial charge in [-0.15, -0.1) is 0 Å². The molecule has 0 saturated carbocycles. The number of hydrogen-bond acceptors (Lipinski definition) is 5. The predicted octanol–water partition coefficient (Wildman–Crippen LogP) is 3.54. The van der Waals surface area contributed by atoms with E-state index in [-0.39, 0.29) is 17.2 Å². The Labute approximate surface area is 141 Å². The van der Waals surface area contributed by atoms with Crippen molar-refractivity contribution >= 4 is 10.1 Å². The number of aryl methyl sites for hydroxylation is 3. The maximum Gasteiger partial charge on any atom is 0.342 e. The standard InChI is InChI=1S/C17H19FO5S/c1-10-6-11(2)17(12(3)7-10)23-24(19,20)16-9-15(22-5)14(21-4)8-13(16)18/h6-9H,1-5H3. The van der Waals surface area contributed by atoms with Gasteiger partial charge in [0.15, 0.2) is 11.5 Å². The number of hydrogen-bond donors (Lipinski definition) is 0. The highest BCUT2D eigenvalue weighted by Crippen LogP contribution is 2.34. The molecule has 0 aromatic heterocycles. The van der Waals surface area contributed by atoms with Crippen LogP contribution >= 0.6 is 0 Å². The fraction of sp³-hybridized carbons (Fsp3) is 0.294. The zero-order valence-corrected chi connectivity index (χ0v) is 15.0. The summed E-state index contributed by atoms with van der Waals surface area (Å²) >= 11 is 0. The minimum atomic E-state index is -4.37. The largest absolute Gasteiger partial charge is 0.493 e. The van der Waals surface area contributed by atoms with Gasteiger partial charge in [0.2, 0.25) is 0 Å². The van der Waals surface area contributed by atoms with Crippen LogP contribution in [0.15, 0.2) is 29.2 Å². The topological polar surface area (TPSA) is 61.8 Å². The van der Waals surface area contributed by atoms with Gasteiger partial charge in [-0.05, 0) is 31.9 Å². The molecule has 2 aromatic rings. The lowest BCUT2D eigenvalue weighted by Gasteiger charge is -2.15. The summed E-state index contributed by atoms with van der Waals surface area (Å²) in [5, 5.41) is 0. The number of rotatable bonds is 5. The van der Waals surface area contributed by atoms with Gasteiger partial charge in [0, 0.05) is 12.1 Å². The summed E-state index contributed by atoms with van der Waals surface area (Å²) in [5.74, 6) is -0.597. The van der Waals surface area contributed by atoms with E-state index in [1.165, 1.54) is 14.2 Å². The molecule has 5 nitrogen and oxygen atoms in total. The Balaban J connectivity index is 2.53. The maximum atomic E-state index is 14.2. The minimum Gasteiger partial charge on any atom is -0.493 e. The monoisotopic (exact) mass is 354 g/mol. The molecule has 0 heterocycles. The van der Waals surface area contributed by atoms with Gasteiger partial charge >= 0.3 is 10.1 Å². The van der Waals surface area contributed by atoms with E-state index < -0.39 is 20.8 Å². The summed E-state index contributed by atoms with van der Waals surface area (Å²) in [5.41, 5.74) is 2.28. The van der Waals surface area contributed by atoms with Crippen LogP contribution in [0.4, 0.5) is 4.39 Å². The van der Waals surface area contributed by atoms with Crippen LogP contribution in [0, 0.1) is 26.6 Å². The minimum absolute atomic E-state index is 0.0941. The highest BCUT2D eigenvalue weighted by molar-refractivity contribution is 7.87. The zero-order valence-electron chi connectivity index (χ0n) is 14.1. The van der Waals surface area contributed by atoms with Gasteiger partial charge in [-0.25, -0.2) is 4.39 Å². The highest BCUT2D eigenvalue weighted by atomic mass is 32.2. The van der Waals surface area contributed by atoms with Gasteiger partial charge in [0.25, 0.3) is 0 Å². The molecule has 0 amide bonds. The Morgan fingerprint density at radius 2 is 1.38 bits per heavy atom. The number of methoxy groups -OCH3 is 2. The Kier molecular flexibility index (Phi) is 5.03. The van der Waals surface area contributed by atoms with Crippen LogP contribution in [-0.2, 0) is 10.1 Å². The second kappa shape index (κ2) is 6.68. The Hall–Kier alpha value is -2.28. The van der Waals surface area contributed by atoms with Crippen molar-refractivity contribution in [1.82, 2.24) is 0 Å². The lowest BCUT2D eigenvalue weighted by atomic mass is 10.1. The second-order valence-electron chi connectivity index (χ2n) is 5.40. The number of halogens is 1. The Bertz CT molecular complexity index is 852. The molecule has 0 bridgehead atoms. The molecule has 0 saturated heterocycles. The van der Waals surface area contributed by atoms with Crippen LogP contribution < -0.4 is 13.7 Å². The molecule has 0 atom stereocenters. The first-order chi connectivity index (χ1) is 11.2. The van der Waals surface area contributed by atoms with Crippen molar-refractivity contribution in [2.75, 3.05) is 14.2 Å². The van der Waals surface area contributed by atoms with Crippen molar-refractivity contribution in [2.24, 2.45) is 0 Å². The van der Waals surface area contributed by atoms with Crippen LogP contribution in [0.25, 0.3) is 0 Å². The van der Waals surface area contributed by atoms with Crippen molar-refractivity contribution in [1.29, 1.82) is 0 Å². The van der Waals surface area contributed by atoms with Crippen molar-refractivity contribution in [3.05, 3.63) is 46.8 Å². The van der Waals surface area contributed by atoms with E-state index in [0.717, 1.165) is 17.7 Å². The lowest BCUT2D eigenvalue weighted by Crippen LogP contribution is -2.13. The Morgan fingerprint density at radius 1 is 0.875 bits per heavy atom. The van der Waals surface area contributed by atoms with E-state index in [4.69, 9.17) is 13.7 Å². The van der Waals surface area contributed by atoms with Crippen molar-refractivity contribution in [3.8, 4) is 17.2 Å². The molecule has 7 heteroatoms. The van der Waals surface area contributed by atoms with Gasteiger partial charge in [0.05, 0.1) is 14.2 Å². The van der Waals surface area contributed by atoms with Gasteiger partial charge in [-0.3, -0.25) is 0 Å². The molecule has 0 radical (unpaired) electrons. The summed E-state index contributed by atoms with van der Waals surface area (Å²) in [4.78, 5) is -0.612. The molecule has 0 unspecified atom stereocenters. The zero-order chi connectivity index (χ0) is 18.1. The van der Waals surface area contributed by atoms with Crippen molar-refractivity contribution in [2.45, 2.75) is 25.7 Å². The lowest BCUT2D eigenvalue weighted by molar-refractivity contribution is 0.349. The van der Waals surface area contributed by atoms with E-state index in [1.54, 1.807) is 26.0 Å². The molecule has 0 N–H and O–H groups in total. The number of ether oxygens (including phenoxy) is 2. The first-order valence-corrected chi connectivity index (χ1v) is 8.54. The molecule has 0 aliphatic carbocycles. The number of benzene rings is 2. The van der Waals surface area contributed by atoms with Crippen molar-refractivity contribution in [3.63, 3.8) is 0 Å². The fourth-order valence-corrected chi connectivity index (χ4v) is 3.60. The van der Waals surface area contributed by atoms with Crippen LogP contribution in [-0.4, -0.2) is 22.6 Å². The van der Waals surface area contributed by atoms with E-state index in [9.17, 15) is 12.8 Å². The summed E-state index contributed by atoms with van der Waals surface area (Å²) in [6.07, 6.45) is 0. The molecular formula is C17H19FO5S. The van der Waals surface area contributed by atoms with Crippen LogP contribution in [0.2, 0.25) is 0 Å². The first kappa shape index (κ1) is 18.1. The van der Waals surface area contributed by atoms with E-state index in [0.29, 0.717) is 11.1 Å². The summed E-state index contributed by atoms with van der Waals surface area (Å²) < 4.78 is 54.4. The summed E-state index contributed by atoms with van der Waals surface area (Å²) in [6.45, 7) is 5.36. The van der Waals surface area contributed by atoms with Crippen LogP contribution in [0.1, 0.15) is 16.7 Å². The molecule has 0 fully saturated rings. The third-order valence-corrected chi connectivity index (χ3v) is 4.74. The van der Waals surface area contributed by atoms with Gasteiger partial charge < -0.3 is 13.7 Å². The highest BCUT2D eigenvalue weighted by Gasteiger charge is 2.26. The third kappa shape index (κ3) is 3.46. The Morgan fingerprint density at radius 3 is 1.88 bits per heavy atom. The SMILES string of the molecule is COc1cc(F)c(S(=O)(=O)Oc2c(C)cc(C)cc2C)cc1OC. The van der Waals surface area contributed by atoms with E-state index in [1.807, 2.05) is 6.92 Å². The van der Waals surface area contributed by atoms with E-state index in [2.05, 4.69) is 0 Å². The van der Waals surface area contributed by atoms with Crippen LogP contribution in [0.3, 0.4) is 0 Å². The smallest absolute Gasteiger partial charge is 0.342 e. The maximum absolute atomic E-state index is 14.2. The molecule has 2 rings (SSSR count). The average molecular weight is 354 g/mol. The molecule has 0 aliphatic rings. The van der Waals surface area contributed by atoms with Crippen LogP contribution in [0.5, 0.6) is 17.2 Å². The first-order valence-electron chi connectivity index (χ1n) is 7.13. The molecule has 0 aliphatic heterocycles. The molecule has 130 valence electrons. The second-order valence-corrected chi connectivity index (χ2v) is 6.92. The predicted molar refractivity (Wildman–Crippen MR) is 88.0 cm³/mol. The van der Waals surface area contributed by atoms with Gasteiger partial charge in [0.1, 0.15) is 16.5 Å². The third-order valence-electron chi connectivity index (χ3n) is 3.51. The van der Waals surface area contributed by atoms with Gasteiger partial charge in [-0.2, -0.15) is 8.42 Å². The average Bonchev–Trinajstić information content (AvgIpc) is 2.50. The summed E-state index contributed by atoms with van der Waals surface area (Å²) in [6, 6.07) is 5.58. The fourth-order valence-electron chi connectivity index (χ4n) is 2.48. The van der Waals surface area contributed by atoms with Gasteiger partial charge in [-0.1, -0.05) is 17.7 Å². The normalized spacial score (nSPS) is 11.2. The van der Waals surface area contributed by atoms with Crippen molar-refractivity contribution < 1.29 is 26.5 Å². The molecule has 0 spiro atoms. The summed E-state index contributed by atoms with van der Waals surface area (Å²) in [7, 11) is -1.70. The molecule has 24 heavy (non-hydrogen) atoms. The van der Waals surface area contributed by atoms with E-state index >= 15 is 0 Å². The molecule has 2 aromatic carbocycles. The quantitative estimate of drug-likeness (QED) is 0.769.